The number of ether oxygens (including phenoxy) is 2. The van der Waals surface area contributed by atoms with E-state index in [4.69, 9.17) is 14.0 Å². The molecule has 0 aromatic rings. The molecule has 0 saturated carbocycles. The Morgan fingerprint density at radius 2 is 1.31 bits per heavy atom. The van der Waals surface area contributed by atoms with Gasteiger partial charge in [-0.2, -0.15) is 8.42 Å². The summed E-state index contributed by atoms with van der Waals surface area (Å²) in [5.41, 5.74) is 0. The third-order valence-electron chi connectivity index (χ3n) is 1.46. The quantitative estimate of drug-likeness (QED) is 0.423. The predicted octanol–water partition coefficient (Wildman–Crippen LogP) is -1.05. The minimum absolute atomic E-state index is 0.0575. The van der Waals surface area contributed by atoms with Crippen molar-refractivity contribution in [2.75, 3.05) is 44.2 Å². The van der Waals surface area contributed by atoms with Crippen LogP contribution in [0.15, 0.2) is 0 Å². The lowest BCUT2D eigenvalue weighted by atomic mass is 10.7. The maximum Gasteiger partial charge on any atom is 0.267 e. The molecule has 0 aliphatic carbocycles. The van der Waals surface area contributed by atoms with E-state index in [1.54, 1.807) is 0 Å². The van der Waals surface area contributed by atoms with Crippen molar-refractivity contribution < 1.29 is 30.9 Å². The summed E-state index contributed by atoms with van der Waals surface area (Å²) >= 11 is 0. The Labute approximate surface area is 95.4 Å². The van der Waals surface area contributed by atoms with Gasteiger partial charge in [0, 0.05) is 6.26 Å². The molecule has 0 rings (SSSR count). The van der Waals surface area contributed by atoms with E-state index < -0.39 is 25.7 Å². The van der Waals surface area contributed by atoms with Gasteiger partial charge < -0.3 is 9.47 Å². The first-order valence-corrected chi connectivity index (χ1v) is 8.16. The first-order valence-electron chi connectivity index (χ1n) is 4.49. The lowest BCUT2D eigenvalue weighted by Gasteiger charge is -2.04. The monoisotopic (exact) mass is 276 g/mol. The molecule has 0 aliphatic heterocycles. The van der Waals surface area contributed by atoms with Crippen molar-refractivity contribution in [2.24, 2.45) is 0 Å². The topological polar surface area (TPSA) is 107 Å². The molecule has 0 saturated heterocycles. The molecule has 7 nitrogen and oxygen atoms in total. The molecule has 0 aromatic heterocycles. The minimum atomic E-state index is -3.99. The van der Waals surface area contributed by atoms with Crippen LogP contribution in [0, 0.1) is 0 Å². The van der Waals surface area contributed by atoms with Gasteiger partial charge in [0.25, 0.3) is 10.1 Å². The van der Waals surface area contributed by atoms with E-state index in [9.17, 15) is 16.8 Å². The van der Waals surface area contributed by atoms with Crippen molar-refractivity contribution >= 4 is 20.0 Å². The van der Waals surface area contributed by atoms with Crippen LogP contribution in [0.25, 0.3) is 0 Å². The van der Waals surface area contributed by atoms with Crippen LogP contribution in [-0.4, -0.2) is 65.6 Å². The maximum atomic E-state index is 10.7. The van der Waals surface area contributed by atoms with Crippen LogP contribution in [0.1, 0.15) is 0 Å². The van der Waals surface area contributed by atoms with E-state index in [1.165, 1.54) is 0 Å². The van der Waals surface area contributed by atoms with Gasteiger partial charge in [0.05, 0.1) is 37.9 Å². The van der Waals surface area contributed by atoms with Gasteiger partial charge in [0.1, 0.15) is 9.84 Å². The minimum Gasteiger partial charge on any atom is -0.378 e. The summed E-state index contributed by atoms with van der Waals surface area (Å²) in [6.45, 7) is 0.301. The zero-order valence-corrected chi connectivity index (χ0v) is 10.6. The summed E-state index contributed by atoms with van der Waals surface area (Å²) in [6, 6.07) is 0. The first kappa shape index (κ1) is 15.8. The molecule has 1 N–H and O–H groups in total. The smallest absolute Gasteiger partial charge is 0.267 e. The summed E-state index contributed by atoms with van der Waals surface area (Å²) < 4.78 is 59.9. The Bertz CT molecular complexity index is 332. The zero-order valence-electron chi connectivity index (χ0n) is 8.96. The highest BCUT2D eigenvalue weighted by atomic mass is 32.2. The fourth-order valence-corrected chi connectivity index (χ4v) is 1.45. The summed E-state index contributed by atoms with van der Waals surface area (Å²) in [4.78, 5) is 0. The molecule has 0 unspecified atom stereocenters. The van der Waals surface area contributed by atoms with Crippen molar-refractivity contribution in [3.05, 3.63) is 0 Å². The normalized spacial score (nSPS) is 12.9. The third kappa shape index (κ3) is 13.8. The Hall–Kier alpha value is -0.220. The van der Waals surface area contributed by atoms with Crippen LogP contribution < -0.4 is 0 Å². The highest BCUT2D eigenvalue weighted by molar-refractivity contribution is 7.90. The van der Waals surface area contributed by atoms with Gasteiger partial charge in [0.15, 0.2) is 0 Å². The van der Waals surface area contributed by atoms with Gasteiger partial charge in [-0.3, -0.25) is 4.55 Å². The molecule has 16 heavy (non-hydrogen) atoms. The van der Waals surface area contributed by atoms with Crippen molar-refractivity contribution in [1.29, 1.82) is 0 Å². The van der Waals surface area contributed by atoms with E-state index in [2.05, 4.69) is 0 Å². The second-order valence-corrected chi connectivity index (χ2v) is 6.97. The fraction of sp³-hybridized carbons (Fsp3) is 1.00. The predicted molar refractivity (Wildman–Crippen MR) is 57.8 cm³/mol. The van der Waals surface area contributed by atoms with Crippen LogP contribution in [0.4, 0.5) is 0 Å². The lowest BCUT2D eigenvalue weighted by molar-refractivity contribution is 0.0594. The summed E-state index contributed by atoms with van der Waals surface area (Å²) in [5, 5.41) is 0. The van der Waals surface area contributed by atoms with Crippen LogP contribution in [0.5, 0.6) is 0 Å². The highest BCUT2D eigenvalue weighted by Crippen LogP contribution is 1.86. The molecule has 0 radical (unpaired) electrons. The second kappa shape index (κ2) is 7.17. The van der Waals surface area contributed by atoms with Gasteiger partial charge in [-0.1, -0.05) is 0 Å². The molecule has 0 aliphatic rings. The van der Waals surface area contributed by atoms with E-state index in [0.717, 1.165) is 6.26 Å². The third-order valence-corrected chi connectivity index (χ3v) is 3.05. The van der Waals surface area contributed by atoms with Gasteiger partial charge in [-0.25, -0.2) is 8.42 Å². The first-order chi connectivity index (χ1) is 7.21. The summed E-state index contributed by atoms with van der Waals surface area (Å²) in [7, 11) is -7.01. The average molecular weight is 276 g/mol. The summed E-state index contributed by atoms with van der Waals surface area (Å²) in [5.74, 6) is -0.519. The van der Waals surface area contributed by atoms with E-state index >= 15 is 0 Å². The van der Waals surface area contributed by atoms with E-state index in [-0.39, 0.29) is 32.2 Å². The van der Waals surface area contributed by atoms with E-state index in [0.29, 0.717) is 0 Å². The molecule has 0 atom stereocenters. The number of sulfone groups is 1. The molecular formula is C7H16O7S2. The Kier molecular flexibility index (Phi) is 7.07. The standard InChI is InChI=1S/C7H16O7S2/c1-15(8,9)6-4-13-2-3-14-5-7-16(10,11)12/h2-7H2,1H3,(H,10,11,12). The summed E-state index contributed by atoms with van der Waals surface area (Å²) in [6.07, 6.45) is 1.11. The average Bonchev–Trinajstić information content (AvgIpc) is 2.06. The van der Waals surface area contributed by atoms with Crippen LogP contribution in [0.3, 0.4) is 0 Å². The molecule has 9 heteroatoms. The van der Waals surface area contributed by atoms with Gasteiger partial charge in [-0.15, -0.1) is 0 Å². The second-order valence-electron chi connectivity index (χ2n) is 3.14. The van der Waals surface area contributed by atoms with Gasteiger partial charge in [-0.05, 0) is 0 Å². The number of hydrogen-bond donors (Lipinski definition) is 1. The fourth-order valence-electron chi connectivity index (χ4n) is 0.697. The highest BCUT2D eigenvalue weighted by Gasteiger charge is 2.03. The molecular weight excluding hydrogens is 260 g/mol. The number of hydrogen-bond acceptors (Lipinski definition) is 6. The van der Waals surface area contributed by atoms with Crippen molar-refractivity contribution in [1.82, 2.24) is 0 Å². The van der Waals surface area contributed by atoms with Gasteiger partial charge in [0.2, 0.25) is 0 Å². The van der Waals surface area contributed by atoms with Crippen molar-refractivity contribution in [2.45, 2.75) is 0 Å². The molecule has 0 spiro atoms. The molecule has 0 bridgehead atoms. The number of rotatable bonds is 9. The largest absolute Gasteiger partial charge is 0.378 e. The Morgan fingerprint density at radius 3 is 1.69 bits per heavy atom. The zero-order chi connectivity index (χ0) is 12.7. The van der Waals surface area contributed by atoms with Crippen molar-refractivity contribution in [3.8, 4) is 0 Å². The van der Waals surface area contributed by atoms with Crippen molar-refractivity contribution in [3.63, 3.8) is 0 Å². The Balaban J connectivity index is 3.29. The SMILES string of the molecule is CS(=O)(=O)CCOCCOCCS(=O)(=O)O. The molecule has 0 fully saturated rings. The van der Waals surface area contributed by atoms with E-state index in [1.807, 2.05) is 0 Å². The van der Waals surface area contributed by atoms with Crippen LogP contribution in [0.2, 0.25) is 0 Å². The molecule has 0 heterocycles. The lowest BCUT2D eigenvalue weighted by Crippen LogP contribution is -2.15. The maximum absolute atomic E-state index is 10.7. The van der Waals surface area contributed by atoms with Crippen LogP contribution >= 0.6 is 0 Å². The van der Waals surface area contributed by atoms with Crippen LogP contribution in [-0.2, 0) is 29.4 Å². The molecule has 98 valence electrons. The van der Waals surface area contributed by atoms with Gasteiger partial charge >= 0.3 is 0 Å². The Morgan fingerprint density at radius 1 is 0.875 bits per heavy atom. The molecule has 0 aromatic carbocycles. The molecule has 0 amide bonds.